The zero-order chi connectivity index (χ0) is 12.3. The van der Waals surface area contributed by atoms with Crippen LogP contribution in [0.2, 0.25) is 0 Å². The number of hydrogen-bond donors (Lipinski definition) is 1. The van der Waals surface area contributed by atoms with Crippen LogP contribution in [-0.2, 0) is 0 Å². The van der Waals surface area contributed by atoms with Crippen LogP contribution >= 0.6 is 11.3 Å². The van der Waals surface area contributed by atoms with Crippen LogP contribution in [-0.4, -0.2) is 11.2 Å². The van der Waals surface area contributed by atoms with E-state index >= 15 is 0 Å². The lowest BCUT2D eigenvalue weighted by molar-refractivity contribution is 0.205. The molecule has 0 bridgehead atoms. The monoisotopic (exact) mass is 244 g/mol. The number of carboxylic acid groups (broad SMARTS) is 1. The van der Waals surface area contributed by atoms with Gasteiger partial charge in [0.1, 0.15) is 11.1 Å². The summed E-state index contributed by atoms with van der Waals surface area (Å²) in [7, 11) is 0. The maximum Gasteiger partial charge on any atom is 0.417 e. The molecule has 4 nitrogen and oxygen atoms in total. The average Bonchev–Trinajstić information content (AvgIpc) is 2.79. The van der Waals surface area contributed by atoms with Crippen molar-refractivity contribution in [2.24, 2.45) is 0 Å². The molecule has 0 radical (unpaired) electrons. The summed E-state index contributed by atoms with van der Waals surface area (Å²) in [4.78, 5) is 12.4. The minimum absolute atomic E-state index is 0.465. The first kappa shape index (κ1) is 11.2. The Labute approximate surface area is 102 Å². The molecule has 0 saturated carbocycles. The van der Waals surface area contributed by atoms with Crippen LogP contribution in [0.1, 0.15) is 5.56 Å². The second-order valence-electron chi connectivity index (χ2n) is 3.24. The fourth-order valence-electron chi connectivity index (χ4n) is 1.41. The van der Waals surface area contributed by atoms with E-state index in [1.807, 2.05) is 12.1 Å². The summed E-state index contributed by atoms with van der Waals surface area (Å²) >= 11 is 1.23. The minimum Gasteiger partial charge on any atom is -0.464 e. The van der Waals surface area contributed by atoms with Gasteiger partial charge in [-0.1, -0.05) is 18.2 Å². The summed E-state index contributed by atoms with van der Waals surface area (Å²) in [5, 5.41) is 20.1. The molecule has 0 spiro atoms. The van der Waals surface area contributed by atoms with Crippen LogP contribution in [0.15, 0.2) is 41.8 Å². The number of nitriles is 1. The van der Waals surface area contributed by atoms with E-state index in [4.69, 9.17) is 5.26 Å². The zero-order valence-corrected chi connectivity index (χ0v) is 9.52. The maximum absolute atomic E-state index is 11.2. The maximum atomic E-state index is 11.2. The number of benzene rings is 1. The molecule has 0 atom stereocenters. The summed E-state index contributed by atoms with van der Waals surface area (Å²) in [5.74, 6) is 0. The van der Waals surface area contributed by atoms with Gasteiger partial charge in [-0.15, -0.1) is 11.3 Å². The molecule has 0 unspecified atom stereocenters. The van der Waals surface area contributed by atoms with Gasteiger partial charge in [-0.25, -0.2) is 9.69 Å². The Kier molecular flexibility index (Phi) is 3.08. The van der Waals surface area contributed by atoms with Crippen molar-refractivity contribution in [3.05, 3.63) is 47.3 Å². The third-order valence-corrected chi connectivity index (χ3v) is 3.05. The van der Waals surface area contributed by atoms with Crippen molar-refractivity contribution in [2.45, 2.75) is 0 Å². The van der Waals surface area contributed by atoms with Gasteiger partial charge in [-0.3, -0.25) is 0 Å². The Morgan fingerprint density at radius 3 is 2.59 bits per heavy atom. The van der Waals surface area contributed by atoms with E-state index in [-0.39, 0.29) is 0 Å². The van der Waals surface area contributed by atoms with Crippen molar-refractivity contribution < 1.29 is 9.90 Å². The summed E-state index contributed by atoms with van der Waals surface area (Å²) in [6, 6.07) is 12.3. The van der Waals surface area contributed by atoms with Crippen LogP contribution in [0.3, 0.4) is 0 Å². The zero-order valence-electron chi connectivity index (χ0n) is 8.70. The smallest absolute Gasteiger partial charge is 0.417 e. The van der Waals surface area contributed by atoms with Gasteiger partial charge in [-0.2, -0.15) is 5.26 Å². The molecule has 1 aromatic carbocycles. The van der Waals surface area contributed by atoms with Gasteiger partial charge < -0.3 is 5.11 Å². The fourth-order valence-corrected chi connectivity index (χ4v) is 2.26. The molecule has 0 fully saturated rings. The first-order chi connectivity index (χ1) is 8.22. The van der Waals surface area contributed by atoms with Crippen LogP contribution in [0.25, 0.3) is 0 Å². The van der Waals surface area contributed by atoms with Crippen LogP contribution < -0.4 is 4.90 Å². The second kappa shape index (κ2) is 4.68. The summed E-state index contributed by atoms with van der Waals surface area (Å²) in [6.07, 6.45) is -1.07. The van der Waals surface area contributed by atoms with E-state index < -0.39 is 6.09 Å². The van der Waals surface area contributed by atoms with Crippen molar-refractivity contribution >= 4 is 28.1 Å². The van der Waals surface area contributed by atoms with E-state index in [0.717, 1.165) is 4.90 Å². The van der Waals surface area contributed by atoms with Crippen molar-refractivity contribution in [3.8, 4) is 6.07 Å². The summed E-state index contributed by atoms with van der Waals surface area (Å²) < 4.78 is 0. The lowest BCUT2D eigenvalue weighted by Crippen LogP contribution is -2.22. The normalized spacial score (nSPS) is 9.59. The van der Waals surface area contributed by atoms with Crippen molar-refractivity contribution in [3.63, 3.8) is 0 Å². The van der Waals surface area contributed by atoms with Crippen LogP contribution in [0.4, 0.5) is 15.5 Å². The first-order valence-corrected chi connectivity index (χ1v) is 5.67. The standard InChI is InChI=1S/C12H8N2O2S/c13-7-9-6-11(17-8-9)14(12(15)16)10-4-2-1-3-5-10/h1-6,8H,(H,15,16). The molecule has 1 amide bonds. The van der Waals surface area contributed by atoms with Gasteiger partial charge in [0.25, 0.3) is 0 Å². The molecule has 1 N–H and O–H groups in total. The summed E-state index contributed by atoms with van der Waals surface area (Å²) in [5.41, 5.74) is 1.03. The minimum atomic E-state index is -1.07. The molecule has 0 aliphatic heterocycles. The quantitative estimate of drug-likeness (QED) is 0.880. The van der Waals surface area contributed by atoms with Crippen molar-refractivity contribution in [1.82, 2.24) is 0 Å². The van der Waals surface area contributed by atoms with Crippen LogP contribution in [0, 0.1) is 11.3 Å². The van der Waals surface area contributed by atoms with Gasteiger partial charge in [0.2, 0.25) is 0 Å². The Morgan fingerprint density at radius 1 is 1.35 bits per heavy atom. The van der Waals surface area contributed by atoms with Gasteiger partial charge in [-0.05, 0) is 18.2 Å². The summed E-state index contributed by atoms with van der Waals surface area (Å²) in [6.45, 7) is 0. The third kappa shape index (κ3) is 2.27. The van der Waals surface area contributed by atoms with E-state index in [2.05, 4.69) is 0 Å². The number of para-hydroxylation sites is 1. The predicted octanol–water partition coefficient (Wildman–Crippen LogP) is 3.44. The Balaban J connectivity index is 2.44. The molecular weight excluding hydrogens is 236 g/mol. The average molecular weight is 244 g/mol. The SMILES string of the molecule is N#Cc1csc(N(C(=O)O)c2ccccc2)c1. The van der Waals surface area contributed by atoms with Crippen LogP contribution in [0.5, 0.6) is 0 Å². The van der Waals surface area contributed by atoms with Crippen molar-refractivity contribution in [1.29, 1.82) is 5.26 Å². The number of thiophene rings is 1. The number of anilines is 2. The van der Waals surface area contributed by atoms with Crippen molar-refractivity contribution in [2.75, 3.05) is 4.90 Å². The lowest BCUT2D eigenvalue weighted by Gasteiger charge is -2.16. The number of carbonyl (C=O) groups is 1. The van der Waals surface area contributed by atoms with Gasteiger partial charge >= 0.3 is 6.09 Å². The highest BCUT2D eigenvalue weighted by molar-refractivity contribution is 7.14. The largest absolute Gasteiger partial charge is 0.464 e. The topological polar surface area (TPSA) is 64.3 Å². The van der Waals surface area contributed by atoms with E-state index in [9.17, 15) is 9.90 Å². The van der Waals surface area contributed by atoms with Gasteiger partial charge in [0.05, 0.1) is 11.3 Å². The predicted molar refractivity (Wildman–Crippen MR) is 65.6 cm³/mol. The van der Waals surface area contributed by atoms with Gasteiger partial charge in [0.15, 0.2) is 0 Å². The Hall–Kier alpha value is -2.32. The second-order valence-corrected chi connectivity index (χ2v) is 4.13. The molecule has 0 saturated heterocycles. The van der Waals surface area contributed by atoms with E-state index in [0.29, 0.717) is 16.3 Å². The number of rotatable bonds is 2. The van der Waals surface area contributed by atoms with E-state index in [1.54, 1.807) is 35.7 Å². The molecule has 2 aromatic rings. The number of hydrogen-bond acceptors (Lipinski definition) is 3. The molecule has 1 aromatic heterocycles. The molecule has 17 heavy (non-hydrogen) atoms. The molecular formula is C12H8N2O2S. The number of amides is 1. The highest BCUT2D eigenvalue weighted by Crippen LogP contribution is 2.31. The molecule has 5 heteroatoms. The van der Waals surface area contributed by atoms with Gasteiger partial charge in [0, 0.05) is 5.38 Å². The molecule has 2 rings (SSSR count). The highest BCUT2D eigenvalue weighted by Gasteiger charge is 2.18. The first-order valence-electron chi connectivity index (χ1n) is 4.79. The fraction of sp³-hybridized carbons (Fsp3) is 0. The number of nitrogens with zero attached hydrogens (tertiary/aromatic N) is 2. The Bertz CT molecular complexity index is 572. The molecule has 0 aliphatic rings. The molecule has 84 valence electrons. The Morgan fingerprint density at radius 2 is 2.06 bits per heavy atom. The van der Waals surface area contributed by atoms with E-state index in [1.165, 1.54) is 11.3 Å². The lowest BCUT2D eigenvalue weighted by atomic mass is 10.3. The third-order valence-electron chi connectivity index (χ3n) is 2.14. The molecule has 0 aliphatic carbocycles. The molecule has 1 heterocycles. The highest BCUT2D eigenvalue weighted by atomic mass is 32.1.